The molecule has 0 radical (unpaired) electrons. The van der Waals surface area contributed by atoms with Crippen molar-refractivity contribution in [3.05, 3.63) is 11.6 Å². The van der Waals surface area contributed by atoms with Gasteiger partial charge in [0.15, 0.2) is 17.2 Å². The zero-order valence-electron chi connectivity index (χ0n) is 17.2. The van der Waals surface area contributed by atoms with E-state index in [2.05, 4.69) is 46.3 Å². The van der Waals surface area contributed by atoms with E-state index in [-0.39, 0.29) is 11.5 Å². The summed E-state index contributed by atoms with van der Waals surface area (Å²) < 4.78 is 0. The van der Waals surface area contributed by atoms with Crippen LogP contribution in [0.4, 0.5) is 5.82 Å². The molecule has 2 N–H and O–H groups in total. The molecule has 0 spiro atoms. The lowest BCUT2D eigenvalue weighted by atomic mass is 9.96. The molecular weight excluding hydrogens is 372 g/mol. The summed E-state index contributed by atoms with van der Waals surface area (Å²) in [5, 5.41) is 34.4. The number of hydrogen-bond donors (Lipinski definition) is 2. The molecule has 1 aliphatic carbocycles. The van der Waals surface area contributed by atoms with Crippen molar-refractivity contribution in [1.29, 1.82) is 0 Å². The number of fused-ring (bicyclic) bond motifs is 1. The van der Waals surface area contributed by atoms with Crippen molar-refractivity contribution in [3.63, 3.8) is 0 Å². The SMILES string of the molecule is CC(C)(C)c1nc(N2CC[C@@](C)(O)C2)c2nn(C(c3nnn[nH]3)C3CC3)nc2n1. The Morgan fingerprint density at radius 3 is 2.59 bits per heavy atom. The largest absolute Gasteiger partial charge is 0.388 e. The van der Waals surface area contributed by atoms with Gasteiger partial charge in [0.1, 0.15) is 11.9 Å². The molecule has 3 aromatic rings. The Morgan fingerprint density at radius 1 is 1.21 bits per heavy atom. The standard InChI is InChI=1S/C18H26N10O/c1-17(2,3)16-19-13-11(15(20-16)27-8-7-18(4,29)9-27)23-28(24-13)12(10-5-6-10)14-21-25-26-22-14/h10,12,29H,5-9H2,1-4H3,(H,21,22,25,26)/t12?,18-/m1/s1. The van der Waals surface area contributed by atoms with Crippen LogP contribution in [0.3, 0.4) is 0 Å². The number of anilines is 1. The van der Waals surface area contributed by atoms with Gasteiger partial charge in [0.05, 0.1) is 5.60 Å². The van der Waals surface area contributed by atoms with Crippen molar-refractivity contribution in [2.45, 2.75) is 64.0 Å². The maximum absolute atomic E-state index is 10.5. The number of tetrazole rings is 1. The molecule has 11 heteroatoms. The lowest BCUT2D eigenvalue weighted by Gasteiger charge is -2.22. The molecule has 5 rings (SSSR count). The number of aromatic amines is 1. The minimum atomic E-state index is -0.739. The molecule has 2 aliphatic rings. The smallest absolute Gasteiger partial charge is 0.207 e. The summed E-state index contributed by atoms with van der Waals surface area (Å²) in [5.74, 6) is 2.50. The van der Waals surface area contributed by atoms with E-state index < -0.39 is 5.60 Å². The number of aliphatic hydroxyl groups is 1. The molecule has 2 fully saturated rings. The number of β-amino-alcohol motifs (C(OH)–C–C–N with tert-alkyl or cyclic N) is 1. The monoisotopic (exact) mass is 398 g/mol. The van der Waals surface area contributed by atoms with E-state index in [1.54, 1.807) is 4.80 Å². The van der Waals surface area contributed by atoms with Gasteiger partial charge in [-0.15, -0.1) is 15.3 Å². The van der Waals surface area contributed by atoms with Gasteiger partial charge in [-0.25, -0.2) is 15.1 Å². The second-order valence-corrected chi connectivity index (χ2v) is 9.55. The van der Waals surface area contributed by atoms with Crippen LogP contribution in [-0.4, -0.2) is 69.4 Å². The summed E-state index contributed by atoms with van der Waals surface area (Å²) in [4.78, 5) is 13.3. The Labute approximate surface area is 167 Å². The summed E-state index contributed by atoms with van der Waals surface area (Å²) in [7, 11) is 0. The van der Waals surface area contributed by atoms with Crippen LogP contribution in [0.25, 0.3) is 11.2 Å². The van der Waals surface area contributed by atoms with Crippen molar-refractivity contribution >= 4 is 17.0 Å². The van der Waals surface area contributed by atoms with Crippen molar-refractivity contribution in [2.75, 3.05) is 18.0 Å². The van der Waals surface area contributed by atoms with Gasteiger partial charge in [-0.1, -0.05) is 20.8 Å². The van der Waals surface area contributed by atoms with E-state index in [0.29, 0.717) is 48.2 Å². The number of aromatic nitrogens is 9. The second-order valence-electron chi connectivity index (χ2n) is 9.55. The Hall–Kier alpha value is -2.69. The molecule has 1 aliphatic heterocycles. The van der Waals surface area contributed by atoms with Gasteiger partial charge in [-0.2, -0.15) is 4.80 Å². The molecule has 0 amide bonds. The molecule has 3 aromatic heterocycles. The Morgan fingerprint density at radius 2 is 2.00 bits per heavy atom. The molecule has 4 heterocycles. The molecule has 2 atom stereocenters. The second kappa shape index (κ2) is 6.15. The van der Waals surface area contributed by atoms with Crippen molar-refractivity contribution < 1.29 is 5.11 Å². The Kier molecular flexibility index (Phi) is 3.89. The van der Waals surface area contributed by atoms with Crippen LogP contribution in [-0.2, 0) is 5.41 Å². The first-order chi connectivity index (χ1) is 13.7. The first-order valence-electron chi connectivity index (χ1n) is 10.1. The van der Waals surface area contributed by atoms with Gasteiger partial charge >= 0.3 is 0 Å². The predicted octanol–water partition coefficient (Wildman–Crippen LogP) is 0.992. The normalized spacial score (nSPS) is 23.8. The average molecular weight is 398 g/mol. The Balaban J connectivity index is 1.65. The first-order valence-corrected chi connectivity index (χ1v) is 10.1. The average Bonchev–Trinajstić information content (AvgIpc) is 3.04. The molecule has 1 saturated heterocycles. The third kappa shape index (κ3) is 3.33. The first kappa shape index (κ1) is 18.3. The van der Waals surface area contributed by atoms with E-state index in [0.717, 1.165) is 18.7 Å². The third-order valence-electron chi connectivity index (χ3n) is 5.63. The van der Waals surface area contributed by atoms with Gasteiger partial charge in [0.2, 0.25) is 5.65 Å². The number of nitrogens with zero attached hydrogens (tertiary/aromatic N) is 9. The number of nitrogens with one attached hydrogen (secondary N) is 1. The predicted molar refractivity (Wildman–Crippen MR) is 104 cm³/mol. The zero-order valence-corrected chi connectivity index (χ0v) is 17.2. The lowest BCUT2D eigenvalue weighted by molar-refractivity contribution is 0.0839. The lowest BCUT2D eigenvalue weighted by Crippen LogP contribution is -2.31. The van der Waals surface area contributed by atoms with E-state index in [1.165, 1.54) is 0 Å². The topological polar surface area (TPSA) is 134 Å². The summed E-state index contributed by atoms with van der Waals surface area (Å²) in [5.41, 5.74) is 0.232. The fourth-order valence-corrected chi connectivity index (χ4v) is 3.84. The molecule has 1 unspecified atom stereocenters. The summed E-state index contributed by atoms with van der Waals surface area (Å²) in [6.45, 7) is 9.31. The van der Waals surface area contributed by atoms with Crippen LogP contribution in [0.2, 0.25) is 0 Å². The van der Waals surface area contributed by atoms with Crippen LogP contribution in [0, 0.1) is 5.92 Å². The van der Waals surface area contributed by atoms with Crippen molar-refractivity contribution in [1.82, 2.24) is 45.6 Å². The fraction of sp³-hybridized carbons (Fsp3) is 0.722. The number of rotatable bonds is 4. The molecule has 0 bridgehead atoms. The van der Waals surface area contributed by atoms with Crippen molar-refractivity contribution in [3.8, 4) is 0 Å². The molecule has 0 aromatic carbocycles. The fourth-order valence-electron chi connectivity index (χ4n) is 3.84. The maximum Gasteiger partial charge on any atom is 0.207 e. The van der Waals surface area contributed by atoms with E-state index in [9.17, 15) is 5.11 Å². The zero-order chi connectivity index (χ0) is 20.4. The quantitative estimate of drug-likeness (QED) is 0.659. The van der Waals surface area contributed by atoms with E-state index in [4.69, 9.17) is 20.2 Å². The highest BCUT2D eigenvalue weighted by molar-refractivity contribution is 5.83. The van der Waals surface area contributed by atoms with Crippen molar-refractivity contribution in [2.24, 2.45) is 5.92 Å². The summed E-state index contributed by atoms with van der Waals surface area (Å²) in [6.07, 6.45) is 2.86. The Bertz CT molecular complexity index is 1030. The highest BCUT2D eigenvalue weighted by atomic mass is 16.3. The van der Waals surface area contributed by atoms with Crippen LogP contribution in [0.1, 0.15) is 64.6 Å². The summed E-state index contributed by atoms with van der Waals surface area (Å²) in [6, 6.07) is -0.146. The van der Waals surface area contributed by atoms with Gasteiger partial charge < -0.3 is 10.0 Å². The van der Waals surface area contributed by atoms with Crippen LogP contribution >= 0.6 is 0 Å². The molecule has 11 nitrogen and oxygen atoms in total. The van der Waals surface area contributed by atoms with Crippen LogP contribution in [0.15, 0.2) is 0 Å². The minimum absolute atomic E-state index is 0.146. The third-order valence-corrected chi connectivity index (χ3v) is 5.63. The summed E-state index contributed by atoms with van der Waals surface area (Å²) >= 11 is 0. The molecule has 29 heavy (non-hydrogen) atoms. The van der Waals surface area contributed by atoms with Gasteiger partial charge in [0, 0.05) is 18.5 Å². The highest BCUT2D eigenvalue weighted by Gasteiger charge is 2.39. The van der Waals surface area contributed by atoms with Gasteiger partial charge in [-0.3, -0.25) is 0 Å². The number of hydrogen-bond acceptors (Lipinski definition) is 9. The van der Waals surface area contributed by atoms with Gasteiger partial charge in [0.25, 0.3) is 0 Å². The van der Waals surface area contributed by atoms with Crippen LogP contribution in [0.5, 0.6) is 0 Å². The van der Waals surface area contributed by atoms with Gasteiger partial charge in [-0.05, 0) is 42.5 Å². The van der Waals surface area contributed by atoms with Crippen LogP contribution < -0.4 is 4.90 Å². The molecule has 154 valence electrons. The maximum atomic E-state index is 10.5. The highest BCUT2D eigenvalue weighted by Crippen LogP contribution is 2.42. The van der Waals surface area contributed by atoms with E-state index in [1.807, 2.05) is 6.92 Å². The van der Waals surface area contributed by atoms with E-state index >= 15 is 0 Å². The molecule has 1 saturated carbocycles. The minimum Gasteiger partial charge on any atom is -0.388 e. The molecular formula is C18H26N10O. The number of H-pyrrole nitrogens is 1.